The molecule has 102 valence electrons. The lowest BCUT2D eigenvalue weighted by molar-refractivity contribution is 0.317. The van der Waals surface area contributed by atoms with Crippen molar-refractivity contribution in [3.63, 3.8) is 0 Å². The van der Waals surface area contributed by atoms with Crippen LogP contribution in [0.5, 0.6) is 0 Å². The number of nitrogens with zero attached hydrogens (tertiary/aromatic N) is 1. The highest BCUT2D eigenvalue weighted by atomic mass is 15.2. The monoisotopic (exact) mass is 256 g/mol. The lowest BCUT2D eigenvalue weighted by Gasteiger charge is -2.16. The largest absolute Gasteiger partial charge is 0.309 e. The van der Waals surface area contributed by atoms with Gasteiger partial charge in [-0.3, -0.25) is 4.90 Å². The molecule has 1 aromatic rings. The van der Waals surface area contributed by atoms with Crippen LogP contribution in [0.2, 0.25) is 0 Å². The van der Waals surface area contributed by atoms with Gasteiger partial charge in [-0.05, 0) is 55.2 Å². The molecule has 1 aromatic carbocycles. The van der Waals surface area contributed by atoms with Crippen LogP contribution in [0, 0.1) is 0 Å². The molecule has 1 atom stereocenters. The van der Waals surface area contributed by atoms with Crippen LogP contribution in [0.4, 0.5) is 0 Å². The van der Waals surface area contributed by atoms with Gasteiger partial charge in [-0.15, -0.1) is 0 Å². The lowest BCUT2D eigenvalue weighted by Crippen LogP contribution is -2.32. The van der Waals surface area contributed by atoms with Crippen molar-refractivity contribution in [2.75, 3.05) is 13.1 Å². The van der Waals surface area contributed by atoms with Crippen LogP contribution in [0.3, 0.4) is 0 Å². The smallest absolute Gasteiger partial charge is 0.0210 e. The number of hydrogen-bond donors (Lipinski definition) is 1. The maximum atomic E-state index is 3.76. The molecule has 3 aliphatic rings. The number of benzene rings is 1. The lowest BCUT2D eigenvalue weighted by atomic mass is 10.1. The molecule has 2 fully saturated rings. The Morgan fingerprint density at radius 1 is 1.11 bits per heavy atom. The number of likely N-dealkylation sites (tertiary alicyclic amines) is 1. The molecule has 1 saturated carbocycles. The van der Waals surface area contributed by atoms with Crippen molar-refractivity contribution in [3.8, 4) is 0 Å². The van der Waals surface area contributed by atoms with Crippen molar-refractivity contribution >= 4 is 0 Å². The topological polar surface area (TPSA) is 15.3 Å². The summed E-state index contributed by atoms with van der Waals surface area (Å²) in [6.07, 6.45) is 8.16. The first-order valence-corrected chi connectivity index (χ1v) is 7.96. The highest BCUT2D eigenvalue weighted by Gasteiger charge is 2.34. The summed E-state index contributed by atoms with van der Waals surface area (Å²) in [5.41, 5.74) is 4.67. The second-order valence-corrected chi connectivity index (χ2v) is 6.55. The molecule has 4 rings (SSSR count). The van der Waals surface area contributed by atoms with Crippen molar-refractivity contribution in [1.29, 1.82) is 0 Å². The van der Waals surface area contributed by atoms with Crippen LogP contribution < -0.4 is 5.32 Å². The summed E-state index contributed by atoms with van der Waals surface area (Å²) in [4.78, 5) is 2.68. The van der Waals surface area contributed by atoms with Crippen molar-refractivity contribution in [2.45, 2.75) is 57.2 Å². The Labute approximate surface area is 116 Å². The second-order valence-electron chi connectivity index (χ2n) is 6.55. The zero-order chi connectivity index (χ0) is 12.7. The van der Waals surface area contributed by atoms with Crippen LogP contribution in [-0.2, 0) is 19.4 Å². The van der Waals surface area contributed by atoms with Crippen molar-refractivity contribution in [3.05, 3.63) is 34.9 Å². The standard InChI is InChI=1S/C17H24N2/c1-2-14-5-4-13(10-15(14)3-1)11-18-16-8-9-19(12-16)17-6-7-17/h4-5,10,16-18H,1-3,6-9,11-12H2. The second kappa shape index (κ2) is 4.92. The summed E-state index contributed by atoms with van der Waals surface area (Å²) in [6.45, 7) is 3.64. The van der Waals surface area contributed by atoms with Gasteiger partial charge in [-0.2, -0.15) is 0 Å². The Bertz CT molecular complexity index is 464. The van der Waals surface area contributed by atoms with E-state index in [1.165, 1.54) is 57.2 Å². The Balaban J connectivity index is 1.32. The van der Waals surface area contributed by atoms with E-state index in [4.69, 9.17) is 0 Å². The van der Waals surface area contributed by atoms with Gasteiger partial charge in [-0.1, -0.05) is 18.2 Å². The molecule has 2 heteroatoms. The first-order valence-electron chi connectivity index (χ1n) is 7.96. The normalized spacial score (nSPS) is 26.8. The highest BCUT2D eigenvalue weighted by molar-refractivity contribution is 5.35. The average Bonchev–Trinajstić information content (AvgIpc) is 3.01. The molecule has 0 amide bonds. The average molecular weight is 256 g/mol. The highest BCUT2D eigenvalue weighted by Crippen LogP contribution is 2.30. The third-order valence-corrected chi connectivity index (χ3v) is 5.04. The van der Waals surface area contributed by atoms with E-state index in [1.54, 1.807) is 11.1 Å². The minimum Gasteiger partial charge on any atom is -0.309 e. The maximum absolute atomic E-state index is 3.76. The minimum absolute atomic E-state index is 0.717. The van der Waals surface area contributed by atoms with Crippen LogP contribution in [0.1, 0.15) is 42.4 Å². The minimum atomic E-state index is 0.717. The third kappa shape index (κ3) is 2.56. The Morgan fingerprint density at radius 3 is 2.89 bits per heavy atom. The van der Waals surface area contributed by atoms with E-state index in [-0.39, 0.29) is 0 Å². The summed E-state index contributed by atoms with van der Waals surface area (Å²) in [7, 11) is 0. The van der Waals surface area contributed by atoms with Crippen LogP contribution in [0.25, 0.3) is 0 Å². The fourth-order valence-corrected chi connectivity index (χ4v) is 3.72. The Kier molecular flexibility index (Phi) is 3.08. The van der Waals surface area contributed by atoms with Crippen molar-refractivity contribution in [1.82, 2.24) is 10.2 Å². The quantitative estimate of drug-likeness (QED) is 0.890. The van der Waals surface area contributed by atoms with Gasteiger partial charge in [0.1, 0.15) is 0 Å². The summed E-state index contributed by atoms with van der Waals surface area (Å²) < 4.78 is 0. The van der Waals surface area contributed by atoms with Gasteiger partial charge in [0.05, 0.1) is 0 Å². The van der Waals surface area contributed by atoms with E-state index in [9.17, 15) is 0 Å². The van der Waals surface area contributed by atoms with Crippen LogP contribution in [-0.4, -0.2) is 30.1 Å². The predicted molar refractivity (Wildman–Crippen MR) is 78.3 cm³/mol. The Morgan fingerprint density at radius 2 is 2.00 bits per heavy atom. The molecule has 2 nitrogen and oxygen atoms in total. The van der Waals surface area contributed by atoms with E-state index in [1.807, 2.05) is 0 Å². The number of aryl methyl sites for hydroxylation is 2. The number of nitrogens with one attached hydrogen (secondary N) is 1. The van der Waals surface area contributed by atoms with Crippen LogP contribution >= 0.6 is 0 Å². The number of hydrogen-bond acceptors (Lipinski definition) is 2. The first kappa shape index (κ1) is 11.9. The SMILES string of the molecule is c1cc2c(cc1CNC1CCN(C3CC3)C1)CCC2. The number of rotatable bonds is 4. The van der Waals surface area contributed by atoms with Gasteiger partial charge in [-0.25, -0.2) is 0 Å². The van der Waals surface area contributed by atoms with E-state index in [0.717, 1.165) is 12.6 Å². The summed E-state index contributed by atoms with van der Waals surface area (Å²) in [5.74, 6) is 0. The maximum Gasteiger partial charge on any atom is 0.0210 e. The van der Waals surface area contributed by atoms with Crippen LogP contribution in [0.15, 0.2) is 18.2 Å². The molecule has 1 N–H and O–H groups in total. The fourth-order valence-electron chi connectivity index (χ4n) is 3.72. The van der Waals surface area contributed by atoms with Gasteiger partial charge in [0.2, 0.25) is 0 Å². The van der Waals surface area contributed by atoms with E-state index >= 15 is 0 Å². The molecule has 1 aliphatic heterocycles. The first-order chi connectivity index (χ1) is 9.38. The molecule has 1 heterocycles. The molecule has 19 heavy (non-hydrogen) atoms. The fraction of sp³-hybridized carbons (Fsp3) is 0.647. The van der Waals surface area contributed by atoms with E-state index in [2.05, 4.69) is 28.4 Å². The zero-order valence-corrected chi connectivity index (χ0v) is 11.7. The molecular weight excluding hydrogens is 232 g/mol. The molecule has 0 aromatic heterocycles. The van der Waals surface area contributed by atoms with Gasteiger partial charge in [0.25, 0.3) is 0 Å². The van der Waals surface area contributed by atoms with E-state index < -0.39 is 0 Å². The predicted octanol–water partition coefficient (Wildman–Crippen LogP) is 2.50. The van der Waals surface area contributed by atoms with Gasteiger partial charge < -0.3 is 5.32 Å². The molecule has 0 spiro atoms. The number of fused-ring (bicyclic) bond motifs is 1. The molecule has 2 aliphatic carbocycles. The van der Waals surface area contributed by atoms with E-state index in [0.29, 0.717) is 6.04 Å². The third-order valence-electron chi connectivity index (χ3n) is 5.04. The van der Waals surface area contributed by atoms with Crippen molar-refractivity contribution in [2.24, 2.45) is 0 Å². The molecule has 1 saturated heterocycles. The molecular formula is C17H24N2. The van der Waals surface area contributed by atoms with Crippen molar-refractivity contribution < 1.29 is 0 Å². The Hall–Kier alpha value is -0.860. The van der Waals surface area contributed by atoms with Gasteiger partial charge in [0, 0.05) is 31.7 Å². The van der Waals surface area contributed by atoms with Gasteiger partial charge >= 0.3 is 0 Å². The summed E-state index contributed by atoms with van der Waals surface area (Å²) in [5, 5.41) is 3.76. The molecule has 0 bridgehead atoms. The summed E-state index contributed by atoms with van der Waals surface area (Å²) in [6, 6.07) is 8.76. The molecule has 1 unspecified atom stereocenters. The van der Waals surface area contributed by atoms with Gasteiger partial charge in [0.15, 0.2) is 0 Å². The zero-order valence-electron chi connectivity index (χ0n) is 11.7. The molecule has 0 radical (unpaired) electrons. The summed E-state index contributed by atoms with van der Waals surface area (Å²) >= 11 is 0.